The molecule has 11 heavy (non-hydrogen) atoms. The lowest BCUT2D eigenvalue weighted by Gasteiger charge is -1.97. The highest BCUT2D eigenvalue weighted by atomic mass is 32.2. The van der Waals surface area contributed by atoms with Crippen LogP contribution in [0.1, 0.15) is 0 Å². The van der Waals surface area contributed by atoms with E-state index in [2.05, 4.69) is 9.71 Å². The number of nitrogens with zero attached hydrogens (tertiary/aromatic N) is 1. The second kappa shape index (κ2) is 2.47. The summed E-state index contributed by atoms with van der Waals surface area (Å²) in [6, 6.07) is 0. The molecule has 1 N–H and O–H groups in total. The van der Waals surface area contributed by atoms with Gasteiger partial charge in [0.05, 0.1) is 0 Å². The zero-order valence-electron chi connectivity index (χ0n) is 5.57. The quantitative estimate of drug-likeness (QED) is 0.469. The van der Waals surface area contributed by atoms with Crippen LogP contribution in [0.5, 0.6) is 0 Å². The summed E-state index contributed by atoms with van der Waals surface area (Å²) in [7, 11) is -0.288. The topological polar surface area (TPSA) is 41.5 Å². The van der Waals surface area contributed by atoms with Crippen molar-refractivity contribution in [3.8, 4) is 0 Å². The third-order valence-electron chi connectivity index (χ3n) is 1.46. The maximum absolute atomic E-state index is 10.0. The smallest absolute Gasteiger partial charge is 0.294 e. The van der Waals surface area contributed by atoms with Crippen LogP contribution in [-0.2, 0) is 4.79 Å². The van der Waals surface area contributed by atoms with Gasteiger partial charge in [-0.05, 0) is 11.5 Å². The summed E-state index contributed by atoms with van der Waals surface area (Å²) in [4.78, 5) is 15.0. The third kappa shape index (κ3) is 0.952. The molecule has 1 radical (unpaired) electrons. The minimum Gasteiger partial charge on any atom is -0.294 e. The van der Waals surface area contributed by atoms with Crippen molar-refractivity contribution in [3.63, 3.8) is 0 Å². The molecule has 55 valence electrons. The van der Waals surface area contributed by atoms with Gasteiger partial charge >= 0.3 is 6.41 Å². The zero-order chi connectivity index (χ0) is 7.68. The molecule has 1 atom stereocenters. The van der Waals surface area contributed by atoms with Crippen LogP contribution in [0.2, 0.25) is 0 Å². The Hall–Kier alpha value is -1.16. The lowest BCUT2D eigenvalue weighted by molar-refractivity contribution is 0.554. The van der Waals surface area contributed by atoms with Crippen molar-refractivity contribution in [2.45, 2.75) is 0 Å². The van der Waals surface area contributed by atoms with Gasteiger partial charge in [0, 0.05) is 22.9 Å². The van der Waals surface area contributed by atoms with Gasteiger partial charge in [0.15, 0.2) is 0 Å². The molecule has 0 spiro atoms. The lowest BCUT2D eigenvalue weighted by atomic mass is 10.2. The first-order chi connectivity index (χ1) is 5.42. The van der Waals surface area contributed by atoms with E-state index < -0.39 is 0 Å². The minimum atomic E-state index is -0.288. The molecule has 1 amide bonds. The third-order valence-corrected chi connectivity index (χ3v) is 2.99. The fraction of sp³-hybridized carbons (Fsp3) is 0. The second-order valence-electron chi connectivity index (χ2n) is 2.07. The maximum atomic E-state index is 10.0. The first-order valence-corrected chi connectivity index (χ1v) is 4.35. The van der Waals surface area contributed by atoms with Gasteiger partial charge in [-0.1, -0.05) is 10.7 Å². The second-order valence-corrected chi connectivity index (χ2v) is 3.66. The fourth-order valence-corrected chi connectivity index (χ4v) is 2.23. The molecule has 0 fully saturated rings. The molecule has 4 heteroatoms. The number of rotatable bonds is 2. The summed E-state index contributed by atoms with van der Waals surface area (Å²) in [5.41, 5.74) is 1.09. The Kier molecular flexibility index (Phi) is 1.47. The standard InChI is InChI=1S/C7H5N2OS/c10-5-9-11-2-1-6-3-8-4-7(6)11/h1-4H,(H,9,10). The van der Waals surface area contributed by atoms with Crippen molar-refractivity contribution < 1.29 is 4.79 Å². The molecular formula is C7H5N2OS. The number of hydrogen-bond acceptors (Lipinski definition) is 2. The van der Waals surface area contributed by atoms with E-state index in [0.717, 1.165) is 10.4 Å². The number of nitrogens with one attached hydrogen (secondary N) is 1. The van der Waals surface area contributed by atoms with Crippen LogP contribution in [0.15, 0.2) is 28.2 Å². The Morgan fingerprint density at radius 2 is 2.55 bits per heavy atom. The highest BCUT2D eigenvalue weighted by molar-refractivity contribution is 8.18. The summed E-state index contributed by atoms with van der Waals surface area (Å²) in [5.74, 6) is 0. The van der Waals surface area contributed by atoms with Gasteiger partial charge in [-0.3, -0.25) is 14.5 Å². The van der Waals surface area contributed by atoms with E-state index in [4.69, 9.17) is 0 Å². The van der Waals surface area contributed by atoms with Crippen LogP contribution in [0, 0.1) is 0 Å². The molecule has 2 aliphatic heterocycles. The van der Waals surface area contributed by atoms with Gasteiger partial charge < -0.3 is 0 Å². The first-order valence-electron chi connectivity index (χ1n) is 3.06. The van der Waals surface area contributed by atoms with Crippen LogP contribution in [0.25, 0.3) is 0 Å². The van der Waals surface area contributed by atoms with Crippen LogP contribution in [0.4, 0.5) is 0 Å². The number of aliphatic imine (C=N–C) groups is 1. The highest BCUT2D eigenvalue weighted by Gasteiger charge is 2.14. The molecule has 2 heterocycles. The van der Waals surface area contributed by atoms with Crippen LogP contribution in [0.3, 0.4) is 0 Å². The van der Waals surface area contributed by atoms with Gasteiger partial charge in [-0.2, -0.15) is 0 Å². The number of carbonyl (C=O) groups excluding carboxylic acids is 1. The molecule has 0 aromatic rings. The molecule has 0 aromatic carbocycles. The fourth-order valence-electron chi connectivity index (χ4n) is 0.981. The first kappa shape index (κ1) is 6.54. The van der Waals surface area contributed by atoms with Gasteiger partial charge in [0.1, 0.15) is 0 Å². The summed E-state index contributed by atoms with van der Waals surface area (Å²) in [6.07, 6.45) is 7.18. The zero-order valence-corrected chi connectivity index (χ0v) is 6.39. The van der Waals surface area contributed by atoms with E-state index >= 15 is 0 Å². The normalized spacial score (nSPS) is 25.3. The van der Waals surface area contributed by atoms with E-state index in [9.17, 15) is 4.79 Å². The van der Waals surface area contributed by atoms with Gasteiger partial charge in [0.25, 0.3) is 0 Å². The predicted octanol–water partition coefficient (Wildman–Crippen LogP) is 0.495. The highest BCUT2D eigenvalue weighted by Crippen LogP contribution is 2.26. The van der Waals surface area contributed by atoms with E-state index in [0.29, 0.717) is 0 Å². The SMILES string of the molecule is O=[C]NS1=C2C=NC=C2C=C1. The van der Waals surface area contributed by atoms with Crippen molar-refractivity contribution in [2.24, 2.45) is 4.99 Å². The summed E-state index contributed by atoms with van der Waals surface area (Å²) in [5, 5.41) is 1.94. The van der Waals surface area contributed by atoms with Crippen LogP contribution < -0.4 is 4.72 Å². The molecule has 0 aromatic heterocycles. The van der Waals surface area contributed by atoms with Gasteiger partial charge in [-0.15, -0.1) is 0 Å². The van der Waals surface area contributed by atoms with Gasteiger partial charge in [0.2, 0.25) is 0 Å². The summed E-state index contributed by atoms with van der Waals surface area (Å²) < 4.78 is 2.58. The van der Waals surface area contributed by atoms with Crippen LogP contribution in [-0.4, -0.2) is 17.5 Å². The minimum absolute atomic E-state index is 0.288. The maximum Gasteiger partial charge on any atom is 0.319 e. The Morgan fingerprint density at radius 3 is 3.36 bits per heavy atom. The van der Waals surface area contributed by atoms with Crippen molar-refractivity contribution in [2.75, 3.05) is 0 Å². The predicted molar refractivity (Wildman–Crippen MR) is 47.1 cm³/mol. The van der Waals surface area contributed by atoms with Crippen LogP contribution >= 0.6 is 10.7 Å². The Labute approximate surface area is 66.6 Å². The van der Waals surface area contributed by atoms with Crippen molar-refractivity contribution >= 4 is 28.2 Å². The number of amides is 1. The van der Waals surface area contributed by atoms with E-state index in [1.807, 2.05) is 11.5 Å². The Bertz CT molecular complexity index is 325. The molecule has 0 aliphatic carbocycles. The number of allylic oxidation sites excluding steroid dienone is 2. The van der Waals surface area contributed by atoms with Gasteiger partial charge in [-0.25, -0.2) is 0 Å². The molecular weight excluding hydrogens is 160 g/mol. The molecule has 0 saturated carbocycles. The monoisotopic (exact) mass is 165 g/mol. The van der Waals surface area contributed by atoms with Crippen molar-refractivity contribution in [1.82, 2.24) is 4.72 Å². The molecule has 0 saturated heterocycles. The number of fused-ring (bicyclic) bond motifs is 1. The largest absolute Gasteiger partial charge is 0.319 e. The summed E-state index contributed by atoms with van der Waals surface area (Å²) >= 11 is 0. The Balaban J connectivity index is 2.38. The number of hydrogen-bond donors (Lipinski definition) is 1. The van der Waals surface area contributed by atoms with E-state index in [1.165, 1.54) is 0 Å². The lowest BCUT2D eigenvalue weighted by Crippen LogP contribution is -2.05. The van der Waals surface area contributed by atoms with Crippen molar-refractivity contribution in [3.05, 3.63) is 23.3 Å². The molecule has 0 bridgehead atoms. The molecule has 2 rings (SSSR count). The van der Waals surface area contributed by atoms with E-state index in [1.54, 1.807) is 18.8 Å². The molecule has 3 nitrogen and oxygen atoms in total. The van der Waals surface area contributed by atoms with Crippen molar-refractivity contribution in [1.29, 1.82) is 0 Å². The summed E-state index contributed by atoms with van der Waals surface area (Å²) in [6.45, 7) is 0. The molecule has 1 unspecified atom stereocenters. The average molecular weight is 165 g/mol. The molecule has 2 aliphatic rings. The Morgan fingerprint density at radius 1 is 1.64 bits per heavy atom. The average Bonchev–Trinajstić information content (AvgIpc) is 2.53. The van der Waals surface area contributed by atoms with E-state index in [-0.39, 0.29) is 10.7 Å².